The zero-order chi connectivity index (χ0) is 12.0. The highest BCUT2D eigenvalue weighted by Crippen LogP contribution is 2.30. The van der Waals surface area contributed by atoms with Crippen LogP contribution in [0.15, 0.2) is 12.4 Å². The van der Waals surface area contributed by atoms with Crippen LogP contribution in [-0.2, 0) is 0 Å². The molecule has 0 saturated carbocycles. The van der Waals surface area contributed by atoms with Gasteiger partial charge in [0.2, 0.25) is 5.95 Å². The van der Waals surface area contributed by atoms with Crippen molar-refractivity contribution in [3.63, 3.8) is 0 Å². The maximum atomic E-state index is 4.26. The van der Waals surface area contributed by atoms with E-state index in [4.69, 9.17) is 0 Å². The van der Waals surface area contributed by atoms with Crippen LogP contribution in [0.5, 0.6) is 0 Å². The van der Waals surface area contributed by atoms with E-state index in [1.807, 2.05) is 19.3 Å². The van der Waals surface area contributed by atoms with Crippen LogP contribution in [0, 0.1) is 12.3 Å². The van der Waals surface area contributed by atoms with E-state index in [9.17, 15) is 0 Å². The van der Waals surface area contributed by atoms with E-state index in [0.29, 0.717) is 5.41 Å². The van der Waals surface area contributed by atoms with E-state index in [0.717, 1.165) is 18.1 Å². The molecule has 0 amide bonds. The minimum Gasteiger partial charge on any atom is -0.354 e. The molecule has 1 N–H and O–H groups in total. The third-order valence-electron chi connectivity index (χ3n) is 3.65. The van der Waals surface area contributed by atoms with Crippen molar-refractivity contribution in [2.75, 3.05) is 11.9 Å². The topological polar surface area (TPSA) is 37.8 Å². The van der Waals surface area contributed by atoms with Crippen LogP contribution in [0.1, 0.15) is 45.6 Å². The predicted octanol–water partition coefficient (Wildman–Crippen LogP) is 3.41. The molecule has 1 aromatic rings. The molecule has 16 heavy (non-hydrogen) atoms. The highest BCUT2D eigenvalue weighted by atomic mass is 15.1. The lowest BCUT2D eigenvalue weighted by Crippen LogP contribution is -2.28. The largest absolute Gasteiger partial charge is 0.354 e. The van der Waals surface area contributed by atoms with Crippen molar-refractivity contribution in [2.24, 2.45) is 5.41 Å². The molecule has 0 bridgehead atoms. The number of anilines is 1. The molecule has 0 aliphatic rings. The van der Waals surface area contributed by atoms with Gasteiger partial charge in [-0.15, -0.1) is 0 Å². The van der Waals surface area contributed by atoms with Crippen molar-refractivity contribution in [2.45, 2.75) is 47.0 Å². The van der Waals surface area contributed by atoms with E-state index in [2.05, 4.69) is 36.1 Å². The van der Waals surface area contributed by atoms with Crippen LogP contribution >= 0.6 is 0 Å². The predicted molar refractivity (Wildman–Crippen MR) is 68.6 cm³/mol. The number of nitrogens with one attached hydrogen (secondary N) is 1. The van der Waals surface area contributed by atoms with Gasteiger partial charge in [0.15, 0.2) is 0 Å². The van der Waals surface area contributed by atoms with Crippen LogP contribution < -0.4 is 5.32 Å². The summed E-state index contributed by atoms with van der Waals surface area (Å²) >= 11 is 0. The standard InChI is InChI=1S/C13H23N3/c1-5-13(6-2,7-3)10-16-12-14-8-11(4)9-15-12/h8-9H,5-7,10H2,1-4H3,(H,14,15,16). The van der Waals surface area contributed by atoms with Gasteiger partial charge in [-0.25, -0.2) is 9.97 Å². The first-order valence-electron chi connectivity index (χ1n) is 6.18. The second kappa shape index (κ2) is 5.83. The normalized spacial score (nSPS) is 11.5. The third-order valence-corrected chi connectivity index (χ3v) is 3.65. The van der Waals surface area contributed by atoms with Crippen molar-refractivity contribution in [3.05, 3.63) is 18.0 Å². The zero-order valence-corrected chi connectivity index (χ0v) is 10.9. The maximum absolute atomic E-state index is 4.26. The van der Waals surface area contributed by atoms with Crippen molar-refractivity contribution < 1.29 is 0 Å². The Morgan fingerprint density at radius 1 is 1.06 bits per heavy atom. The summed E-state index contributed by atoms with van der Waals surface area (Å²) in [4.78, 5) is 8.52. The lowest BCUT2D eigenvalue weighted by Gasteiger charge is -2.30. The summed E-state index contributed by atoms with van der Waals surface area (Å²) in [6.45, 7) is 9.72. The van der Waals surface area contributed by atoms with Gasteiger partial charge in [-0.05, 0) is 37.2 Å². The van der Waals surface area contributed by atoms with Crippen molar-refractivity contribution >= 4 is 5.95 Å². The van der Waals surface area contributed by atoms with E-state index in [-0.39, 0.29) is 0 Å². The van der Waals surface area contributed by atoms with Crippen molar-refractivity contribution in [3.8, 4) is 0 Å². The minimum atomic E-state index is 0.383. The van der Waals surface area contributed by atoms with Crippen LogP contribution in [0.2, 0.25) is 0 Å². The summed E-state index contributed by atoms with van der Waals surface area (Å²) in [6, 6.07) is 0. The Balaban J connectivity index is 2.58. The van der Waals surface area contributed by atoms with Gasteiger partial charge in [0.25, 0.3) is 0 Å². The average molecular weight is 221 g/mol. The van der Waals surface area contributed by atoms with Crippen LogP contribution in [0.3, 0.4) is 0 Å². The van der Waals surface area contributed by atoms with Crippen molar-refractivity contribution in [1.82, 2.24) is 9.97 Å². The van der Waals surface area contributed by atoms with Gasteiger partial charge in [0.05, 0.1) is 0 Å². The number of hydrogen-bond acceptors (Lipinski definition) is 3. The molecule has 0 atom stereocenters. The number of nitrogens with zero attached hydrogens (tertiary/aromatic N) is 2. The molecule has 1 heterocycles. The molecule has 1 aromatic heterocycles. The fraction of sp³-hybridized carbons (Fsp3) is 0.692. The number of aromatic nitrogens is 2. The Morgan fingerprint density at radius 2 is 1.56 bits per heavy atom. The third kappa shape index (κ3) is 3.19. The molecule has 0 fully saturated rings. The fourth-order valence-corrected chi connectivity index (χ4v) is 1.88. The molecule has 0 aliphatic carbocycles. The van der Waals surface area contributed by atoms with E-state index in [1.165, 1.54) is 19.3 Å². The molecule has 0 unspecified atom stereocenters. The second-order valence-electron chi connectivity index (χ2n) is 4.50. The Bertz CT molecular complexity index is 293. The quantitative estimate of drug-likeness (QED) is 0.800. The van der Waals surface area contributed by atoms with Gasteiger partial charge in [0.1, 0.15) is 0 Å². The first-order valence-corrected chi connectivity index (χ1v) is 6.18. The zero-order valence-electron chi connectivity index (χ0n) is 10.9. The van der Waals surface area contributed by atoms with Gasteiger partial charge in [-0.3, -0.25) is 0 Å². The molecule has 0 aromatic carbocycles. The molecule has 0 saturated heterocycles. The van der Waals surface area contributed by atoms with Gasteiger partial charge >= 0.3 is 0 Å². The van der Waals surface area contributed by atoms with E-state index in [1.54, 1.807) is 0 Å². The first kappa shape index (κ1) is 12.9. The lowest BCUT2D eigenvalue weighted by molar-refractivity contribution is 0.271. The van der Waals surface area contributed by atoms with Crippen LogP contribution in [0.25, 0.3) is 0 Å². The van der Waals surface area contributed by atoms with Gasteiger partial charge in [-0.2, -0.15) is 0 Å². The van der Waals surface area contributed by atoms with E-state index >= 15 is 0 Å². The number of hydrogen-bond donors (Lipinski definition) is 1. The number of rotatable bonds is 6. The van der Waals surface area contributed by atoms with Crippen molar-refractivity contribution in [1.29, 1.82) is 0 Å². The molecule has 3 nitrogen and oxygen atoms in total. The van der Waals surface area contributed by atoms with Crippen LogP contribution in [0.4, 0.5) is 5.95 Å². The summed E-state index contributed by atoms with van der Waals surface area (Å²) in [6.07, 6.45) is 7.28. The van der Waals surface area contributed by atoms with Gasteiger partial charge in [0, 0.05) is 18.9 Å². The molecule has 90 valence electrons. The molecular formula is C13H23N3. The number of aryl methyl sites for hydroxylation is 1. The van der Waals surface area contributed by atoms with Gasteiger partial charge in [-0.1, -0.05) is 20.8 Å². The summed E-state index contributed by atoms with van der Waals surface area (Å²) < 4.78 is 0. The Hall–Kier alpha value is -1.12. The monoisotopic (exact) mass is 221 g/mol. The Morgan fingerprint density at radius 3 is 2.00 bits per heavy atom. The smallest absolute Gasteiger partial charge is 0.222 e. The maximum Gasteiger partial charge on any atom is 0.222 e. The summed E-state index contributed by atoms with van der Waals surface area (Å²) in [7, 11) is 0. The molecule has 1 rings (SSSR count). The minimum absolute atomic E-state index is 0.383. The molecule has 0 radical (unpaired) electrons. The molecule has 3 heteroatoms. The summed E-state index contributed by atoms with van der Waals surface area (Å²) in [5, 5.41) is 3.34. The highest BCUT2D eigenvalue weighted by molar-refractivity contribution is 5.24. The molecule has 0 aliphatic heterocycles. The summed E-state index contributed by atoms with van der Waals surface area (Å²) in [5.41, 5.74) is 1.48. The summed E-state index contributed by atoms with van der Waals surface area (Å²) in [5.74, 6) is 0.741. The Labute approximate surface area is 98.7 Å². The second-order valence-corrected chi connectivity index (χ2v) is 4.50. The SMILES string of the molecule is CCC(CC)(CC)CNc1ncc(C)cn1. The highest BCUT2D eigenvalue weighted by Gasteiger charge is 2.23. The average Bonchev–Trinajstić information content (AvgIpc) is 2.34. The van der Waals surface area contributed by atoms with Crippen LogP contribution in [-0.4, -0.2) is 16.5 Å². The lowest BCUT2D eigenvalue weighted by atomic mass is 9.80. The molecule has 0 spiro atoms. The van der Waals surface area contributed by atoms with Gasteiger partial charge < -0.3 is 5.32 Å². The van der Waals surface area contributed by atoms with E-state index < -0.39 is 0 Å². The Kier molecular flexibility index (Phi) is 4.71. The first-order chi connectivity index (χ1) is 7.65. The fourth-order valence-electron chi connectivity index (χ4n) is 1.88. The molecular weight excluding hydrogens is 198 g/mol.